The molecule has 2 aromatic carbocycles. The first-order valence-electron chi connectivity index (χ1n) is 8.42. The van der Waals surface area contributed by atoms with Crippen molar-refractivity contribution in [3.8, 4) is 0 Å². The maximum Gasteiger partial charge on any atom is 0.234 e. The van der Waals surface area contributed by atoms with Gasteiger partial charge in [0.15, 0.2) is 0 Å². The molecule has 0 saturated carbocycles. The molecule has 1 aliphatic rings. The Morgan fingerprint density at radius 2 is 1.85 bits per heavy atom. The number of amides is 1. The molecule has 0 fully saturated rings. The van der Waals surface area contributed by atoms with Crippen molar-refractivity contribution in [1.29, 1.82) is 0 Å². The lowest BCUT2D eigenvalue weighted by Crippen LogP contribution is -2.26. The van der Waals surface area contributed by atoms with E-state index < -0.39 is 11.5 Å². The molecule has 3 rings (SSSR count). The second-order valence-electron chi connectivity index (χ2n) is 6.81. The van der Waals surface area contributed by atoms with Crippen LogP contribution in [0, 0.1) is 11.6 Å². The van der Waals surface area contributed by atoms with E-state index in [0.29, 0.717) is 18.7 Å². The predicted molar refractivity (Wildman–Crippen MR) is 98.1 cm³/mol. The molecule has 0 aliphatic carbocycles. The summed E-state index contributed by atoms with van der Waals surface area (Å²) in [7, 11) is 1.77. The Hall–Kier alpha value is -2.31. The highest BCUT2D eigenvalue weighted by Crippen LogP contribution is 2.37. The lowest BCUT2D eigenvalue weighted by molar-refractivity contribution is -0.119. The van der Waals surface area contributed by atoms with Crippen molar-refractivity contribution in [2.24, 2.45) is 0 Å². The third-order valence-electron chi connectivity index (χ3n) is 4.27. The molecule has 0 spiro atoms. The summed E-state index contributed by atoms with van der Waals surface area (Å²) in [5.74, 6) is -0.654. The van der Waals surface area contributed by atoms with Crippen molar-refractivity contribution < 1.29 is 18.7 Å². The molecule has 1 atom stereocenters. The maximum absolute atomic E-state index is 12.8. The lowest BCUT2D eigenvalue weighted by atomic mass is 9.86. The van der Waals surface area contributed by atoms with Gasteiger partial charge in [0, 0.05) is 12.2 Å². The number of carbonyl (C=O) groups is 1. The molecular weight excluding hydrogens is 338 g/mol. The second kappa shape index (κ2) is 8.38. The highest BCUT2D eigenvalue weighted by Gasteiger charge is 2.38. The number of likely N-dealkylation sites (N-methyl/N-ethyl adjacent to an activating group) is 1. The standard InChI is InChI=1S/C10H10FNO.C10H14FNO/c1-10(2)7-4-3-6(11)5-8(7)12-9(10)13;1-12-7-10(13)6-8-3-2-4-9(11)5-8/h3-5H,1-2H3,(H,12,13);2-5,10,12-13H,6-7H2,1H3. The molecule has 6 heteroatoms. The maximum atomic E-state index is 12.8. The minimum absolute atomic E-state index is 0.0758. The van der Waals surface area contributed by atoms with Gasteiger partial charge in [-0.05, 0) is 62.7 Å². The summed E-state index contributed by atoms with van der Waals surface area (Å²) in [6.07, 6.45) is 0.0327. The van der Waals surface area contributed by atoms with Crippen LogP contribution in [0.4, 0.5) is 14.5 Å². The van der Waals surface area contributed by atoms with Gasteiger partial charge in [0.25, 0.3) is 0 Å². The zero-order valence-electron chi connectivity index (χ0n) is 15.1. The number of benzene rings is 2. The van der Waals surface area contributed by atoms with Gasteiger partial charge in [-0.1, -0.05) is 18.2 Å². The first-order chi connectivity index (χ1) is 12.2. The summed E-state index contributed by atoms with van der Waals surface area (Å²) in [5, 5.41) is 14.9. The number of halogens is 2. The smallest absolute Gasteiger partial charge is 0.234 e. The van der Waals surface area contributed by atoms with E-state index in [1.54, 1.807) is 19.2 Å². The molecule has 3 N–H and O–H groups in total. The summed E-state index contributed by atoms with van der Waals surface area (Å²) in [4.78, 5) is 11.4. The number of hydrogen-bond donors (Lipinski definition) is 3. The van der Waals surface area contributed by atoms with Gasteiger partial charge in [0.1, 0.15) is 11.6 Å². The Morgan fingerprint density at radius 3 is 2.50 bits per heavy atom. The van der Waals surface area contributed by atoms with Crippen LogP contribution < -0.4 is 10.6 Å². The van der Waals surface area contributed by atoms with E-state index in [4.69, 9.17) is 0 Å². The molecule has 4 nitrogen and oxygen atoms in total. The molecule has 1 aliphatic heterocycles. The summed E-state index contributed by atoms with van der Waals surface area (Å²) in [5.41, 5.74) is 1.74. The van der Waals surface area contributed by atoms with Crippen LogP contribution in [0.15, 0.2) is 42.5 Å². The largest absolute Gasteiger partial charge is 0.391 e. The minimum Gasteiger partial charge on any atom is -0.391 e. The number of aliphatic hydroxyl groups excluding tert-OH is 1. The van der Waals surface area contributed by atoms with Crippen molar-refractivity contribution in [1.82, 2.24) is 5.32 Å². The molecule has 1 amide bonds. The van der Waals surface area contributed by atoms with E-state index in [2.05, 4.69) is 10.6 Å². The number of nitrogens with one attached hydrogen (secondary N) is 2. The van der Waals surface area contributed by atoms with Gasteiger partial charge in [-0.3, -0.25) is 4.79 Å². The Balaban J connectivity index is 0.000000187. The van der Waals surface area contributed by atoms with Gasteiger partial charge in [-0.2, -0.15) is 0 Å². The quantitative estimate of drug-likeness (QED) is 0.784. The van der Waals surface area contributed by atoms with Crippen molar-refractivity contribution in [3.05, 3.63) is 65.2 Å². The van der Waals surface area contributed by atoms with Crippen LogP contribution >= 0.6 is 0 Å². The highest BCUT2D eigenvalue weighted by molar-refractivity contribution is 6.05. The third kappa shape index (κ3) is 4.86. The predicted octanol–water partition coefficient (Wildman–Crippen LogP) is 3.00. The van der Waals surface area contributed by atoms with Gasteiger partial charge in [-0.25, -0.2) is 8.78 Å². The van der Waals surface area contributed by atoms with Crippen LogP contribution in [0.2, 0.25) is 0 Å². The van der Waals surface area contributed by atoms with E-state index in [1.165, 1.54) is 24.3 Å². The number of anilines is 1. The summed E-state index contributed by atoms with van der Waals surface area (Å²) in [6, 6.07) is 10.7. The fraction of sp³-hybridized carbons (Fsp3) is 0.350. The molecule has 0 radical (unpaired) electrons. The summed E-state index contributed by atoms with van der Waals surface area (Å²) < 4.78 is 25.5. The Bertz CT molecular complexity index is 778. The van der Waals surface area contributed by atoms with Crippen LogP contribution in [-0.2, 0) is 16.6 Å². The lowest BCUT2D eigenvalue weighted by Gasteiger charge is -2.14. The van der Waals surface area contributed by atoms with Crippen LogP contribution in [-0.4, -0.2) is 30.7 Å². The van der Waals surface area contributed by atoms with Crippen LogP contribution in [0.1, 0.15) is 25.0 Å². The number of aliphatic hydroxyl groups is 1. The first kappa shape index (κ1) is 20.0. The Kier molecular flexibility index (Phi) is 6.45. The van der Waals surface area contributed by atoms with Gasteiger partial charge in [0.2, 0.25) is 5.91 Å². The van der Waals surface area contributed by atoms with E-state index in [1.807, 2.05) is 19.9 Å². The normalized spacial score (nSPS) is 15.5. The van der Waals surface area contributed by atoms with Crippen molar-refractivity contribution in [2.75, 3.05) is 18.9 Å². The molecule has 140 valence electrons. The zero-order valence-corrected chi connectivity index (χ0v) is 15.1. The fourth-order valence-corrected chi connectivity index (χ4v) is 2.81. The van der Waals surface area contributed by atoms with Crippen LogP contribution in [0.5, 0.6) is 0 Å². The van der Waals surface area contributed by atoms with E-state index in [9.17, 15) is 18.7 Å². The number of hydrogen-bond acceptors (Lipinski definition) is 3. The number of rotatable bonds is 4. The van der Waals surface area contributed by atoms with Crippen LogP contribution in [0.3, 0.4) is 0 Å². The molecular formula is C20H24F2N2O2. The van der Waals surface area contributed by atoms with Gasteiger partial charge < -0.3 is 15.7 Å². The fourth-order valence-electron chi connectivity index (χ4n) is 2.81. The zero-order chi connectivity index (χ0) is 19.3. The van der Waals surface area contributed by atoms with Crippen LogP contribution in [0.25, 0.3) is 0 Å². The van der Waals surface area contributed by atoms with Crippen molar-refractivity contribution in [3.63, 3.8) is 0 Å². The van der Waals surface area contributed by atoms with E-state index >= 15 is 0 Å². The third-order valence-corrected chi connectivity index (χ3v) is 4.27. The van der Waals surface area contributed by atoms with Gasteiger partial charge in [0.05, 0.1) is 11.5 Å². The number of carbonyl (C=O) groups excluding carboxylic acids is 1. The van der Waals surface area contributed by atoms with E-state index in [-0.39, 0.29) is 17.5 Å². The average Bonchev–Trinajstić information content (AvgIpc) is 2.77. The Labute approximate surface area is 152 Å². The molecule has 2 aromatic rings. The number of fused-ring (bicyclic) bond motifs is 1. The SMILES string of the molecule is CC1(C)C(=O)Nc2cc(F)ccc21.CNCC(O)Cc1cccc(F)c1. The average molecular weight is 362 g/mol. The summed E-state index contributed by atoms with van der Waals surface area (Å²) in [6.45, 7) is 4.18. The first-order valence-corrected chi connectivity index (χ1v) is 8.42. The Morgan fingerprint density at radius 1 is 1.15 bits per heavy atom. The second-order valence-corrected chi connectivity index (χ2v) is 6.81. The molecule has 0 saturated heterocycles. The molecule has 26 heavy (non-hydrogen) atoms. The molecule has 0 bridgehead atoms. The molecule has 0 aromatic heterocycles. The highest BCUT2D eigenvalue weighted by atomic mass is 19.1. The van der Waals surface area contributed by atoms with Gasteiger partial charge in [-0.15, -0.1) is 0 Å². The minimum atomic E-state index is -0.539. The molecule has 1 heterocycles. The van der Waals surface area contributed by atoms with Crippen molar-refractivity contribution in [2.45, 2.75) is 31.8 Å². The summed E-state index contributed by atoms with van der Waals surface area (Å²) >= 11 is 0. The van der Waals surface area contributed by atoms with Crippen molar-refractivity contribution >= 4 is 11.6 Å². The van der Waals surface area contributed by atoms with E-state index in [0.717, 1.165) is 11.1 Å². The topological polar surface area (TPSA) is 61.4 Å². The monoisotopic (exact) mass is 362 g/mol. The van der Waals surface area contributed by atoms with Gasteiger partial charge >= 0.3 is 0 Å². The molecule has 1 unspecified atom stereocenters.